The molecule has 0 unspecified atom stereocenters. The van der Waals surface area contributed by atoms with E-state index in [-0.39, 0.29) is 13.1 Å². The van der Waals surface area contributed by atoms with Crippen molar-refractivity contribution in [1.29, 1.82) is 0 Å². The van der Waals surface area contributed by atoms with Gasteiger partial charge in [0.15, 0.2) is 0 Å². The Morgan fingerprint density at radius 1 is 1.36 bits per heavy atom. The molecule has 11 heavy (non-hydrogen) atoms. The van der Waals surface area contributed by atoms with Crippen LogP contribution in [0.1, 0.15) is 0 Å². The molecule has 1 saturated heterocycles. The van der Waals surface area contributed by atoms with E-state index in [2.05, 4.69) is 0 Å². The quantitative estimate of drug-likeness (QED) is 0.425. The highest BCUT2D eigenvalue weighted by atomic mass is 16.4. The minimum Gasteiger partial charge on any atom is -0.465 e. The highest BCUT2D eigenvalue weighted by molar-refractivity contribution is 6.01. The zero-order valence-electron chi connectivity index (χ0n) is 5.53. The molecule has 1 rings (SSSR count). The molecule has 0 radical (unpaired) electrons. The zero-order valence-corrected chi connectivity index (χ0v) is 5.53. The Hall–Kier alpha value is -1.59. The van der Waals surface area contributed by atoms with Gasteiger partial charge in [0.25, 0.3) is 0 Å². The molecular formula is C5H6N2O4. The van der Waals surface area contributed by atoms with Gasteiger partial charge in [-0.1, -0.05) is 0 Å². The third kappa shape index (κ3) is 1.66. The summed E-state index contributed by atoms with van der Waals surface area (Å²) in [5.74, 6) is -1.16. The van der Waals surface area contributed by atoms with Crippen molar-refractivity contribution in [3.63, 3.8) is 0 Å². The molecule has 1 aliphatic rings. The van der Waals surface area contributed by atoms with Gasteiger partial charge in [0, 0.05) is 0 Å². The number of hydrogen-bond acceptors (Lipinski definition) is 3. The summed E-state index contributed by atoms with van der Waals surface area (Å²) in [6, 6.07) is 0. The molecule has 0 aromatic rings. The highest BCUT2D eigenvalue weighted by Crippen LogP contribution is 1.93. The summed E-state index contributed by atoms with van der Waals surface area (Å²) < 4.78 is 0. The number of carboxylic acid groups (broad SMARTS) is 1. The second-order valence-electron chi connectivity index (χ2n) is 2.11. The molecule has 6 heteroatoms. The van der Waals surface area contributed by atoms with Gasteiger partial charge in [0.05, 0.1) is 0 Å². The molecule has 0 saturated carbocycles. The molecule has 2 N–H and O–H groups in total. The van der Waals surface area contributed by atoms with Crippen LogP contribution in [-0.4, -0.2) is 41.0 Å². The summed E-state index contributed by atoms with van der Waals surface area (Å²) in [6.07, 6.45) is -1.26. The smallest absolute Gasteiger partial charge is 0.408 e. The van der Waals surface area contributed by atoms with E-state index in [1.54, 1.807) is 0 Å². The number of hydrogen-bond donors (Lipinski definition) is 2. The number of carbonyl (C=O) groups excluding carboxylic acids is 2. The first-order valence-electron chi connectivity index (χ1n) is 2.90. The van der Waals surface area contributed by atoms with Crippen LogP contribution in [0.2, 0.25) is 0 Å². The molecule has 0 aromatic heterocycles. The van der Waals surface area contributed by atoms with Gasteiger partial charge in [-0.2, -0.15) is 0 Å². The summed E-state index contributed by atoms with van der Waals surface area (Å²) in [7, 11) is 0. The molecule has 0 aromatic carbocycles. The van der Waals surface area contributed by atoms with Crippen molar-refractivity contribution in [3.05, 3.63) is 0 Å². The summed E-state index contributed by atoms with van der Waals surface area (Å²) in [5, 5.41) is 10.3. The number of piperazine rings is 1. The minimum absolute atomic E-state index is 0.263. The van der Waals surface area contributed by atoms with Gasteiger partial charge in [-0.25, -0.2) is 4.79 Å². The number of rotatable bonds is 0. The Morgan fingerprint density at radius 2 is 1.82 bits per heavy atom. The van der Waals surface area contributed by atoms with Crippen LogP contribution in [0, 0.1) is 0 Å². The molecule has 3 amide bonds. The van der Waals surface area contributed by atoms with Crippen LogP contribution in [0.4, 0.5) is 4.79 Å². The fourth-order valence-electron chi connectivity index (χ4n) is 0.772. The number of nitrogens with zero attached hydrogens (tertiary/aromatic N) is 1. The normalized spacial score (nSPS) is 18.0. The first-order valence-corrected chi connectivity index (χ1v) is 2.90. The van der Waals surface area contributed by atoms with E-state index in [4.69, 9.17) is 5.11 Å². The van der Waals surface area contributed by atoms with E-state index in [0.29, 0.717) is 0 Å². The molecule has 0 atom stereocenters. The van der Waals surface area contributed by atoms with Gasteiger partial charge in [0.2, 0.25) is 11.8 Å². The molecule has 60 valence electrons. The first kappa shape index (κ1) is 7.52. The zero-order chi connectivity index (χ0) is 8.43. The van der Waals surface area contributed by atoms with Gasteiger partial charge < -0.3 is 5.11 Å². The third-order valence-electron chi connectivity index (χ3n) is 1.22. The van der Waals surface area contributed by atoms with Crippen molar-refractivity contribution in [3.8, 4) is 0 Å². The maximum Gasteiger partial charge on any atom is 0.408 e. The topological polar surface area (TPSA) is 86.7 Å². The molecule has 0 spiro atoms. The van der Waals surface area contributed by atoms with Crippen LogP contribution < -0.4 is 5.32 Å². The van der Waals surface area contributed by atoms with Gasteiger partial charge in [0.1, 0.15) is 13.1 Å². The summed E-state index contributed by atoms with van der Waals surface area (Å²) in [5.41, 5.74) is 0. The highest BCUT2D eigenvalue weighted by Gasteiger charge is 2.25. The Morgan fingerprint density at radius 3 is 2.18 bits per heavy atom. The number of imide groups is 1. The van der Waals surface area contributed by atoms with Crippen molar-refractivity contribution in [2.24, 2.45) is 0 Å². The lowest BCUT2D eigenvalue weighted by atomic mass is 10.4. The molecule has 1 fully saturated rings. The average molecular weight is 158 g/mol. The number of nitrogens with one attached hydrogen (secondary N) is 1. The third-order valence-corrected chi connectivity index (χ3v) is 1.22. The van der Waals surface area contributed by atoms with Crippen molar-refractivity contribution in [2.45, 2.75) is 0 Å². The van der Waals surface area contributed by atoms with Gasteiger partial charge in [-0.15, -0.1) is 0 Å². The predicted molar refractivity (Wildman–Crippen MR) is 32.7 cm³/mol. The van der Waals surface area contributed by atoms with Gasteiger partial charge in [-0.05, 0) is 0 Å². The summed E-state index contributed by atoms with van der Waals surface area (Å²) in [4.78, 5) is 32.1. The average Bonchev–Trinajstić information content (AvgIpc) is 1.85. The fraction of sp³-hybridized carbons (Fsp3) is 0.400. The van der Waals surface area contributed by atoms with Gasteiger partial charge >= 0.3 is 6.09 Å². The number of carbonyl (C=O) groups is 3. The predicted octanol–water partition coefficient (Wildman–Crippen LogP) is -1.38. The standard InChI is InChI=1S/C5H6N2O4/c8-3-1-7(5(10)11)2-4(9)6-3/h1-2H2,(H,10,11)(H,6,8,9). The Balaban J connectivity index is 2.63. The largest absolute Gasteiger partial charge is 0.465 e. The van der Waals surface area contributed by atoms with E-state index in [0.717, 1.165) is 4.90 Å². The fourth-order valence-corrected chi connectivity index (χ4v) is 0.772. The second kappa shape index (κ2) is 2.57. The molecule has 1 aliphatic heterocycles. The van der Waals surface area contributed by atoms with Gasteiger partial charge in [-0.3, -0.25) is 19.8 Å². The summed E-state index contributed by atoms with van der Waals surface area (Å²) >= 11 is 0. The molecule has 1 heterocycles. The van der Waals surface area contributed by atoms with E-state index in [9.17, 15) is 14.4 Å². The van der Waals surface area contributed by atoms with Crippen LogP contribution in [0.25, 0.3) is 0 Å². The maximum absolute atomic E-state index is 10.6. The van der Waals surface area contributed by atoms with Crippen LogP contribution in [0.5, 0.6) is 0 Å². The minimum atomic E-state index is -1.26. The Labute approximate surface area is 61.8 Å². The van der Waals surface area contributed by atoms with Crippen molar-refractivity contribution < 1.29 is 19.5 Å². The van der Waals surface area contributed by atoms with Crippen molar-refractivity contribution in [2.75, 3.05) is 13.1 Å². The molecule has 6 nitrogen and oxygen atoms in total. The maximum atomic E-state index is 10.6. The van der Waals surface area contributed by atoms with Crippen molar-refractivity contribution >= 4 is 17.9 Å². The Kier molecular flexibility index (Phi) is 1.75. The van der Waals surface area contributed by atoms with Crippen LogP contribution in [0.15, 0.2) is 0 Å². The molecule has 0 bridgehead atoms. The lowest BCUT2D eigenvalue weighted by Gasteiger charge is -2.21. The van der Waals surface area contributed by atoms with Crippen LogP contribution in [0.3, 0.4) is 0 Å². The first-order chi connectivity index (χ1) is 5.09. The van der Waals surface area contributed by atoms with Crippen molar-refractivity contribution in [1.82, 2.24) is 10.2 Å². The van der Waals surface area contributed by atoms with E-state index in [1.807, 2.05) is 5.32 Å². The number of amides is 3. The molecular weight excluding hydrogens is 152 g/mol. The van der Waals surface area contributed by atoms with E-state index in [1.165, 1.54) is 0 Å². The van der Waals surface area contributed by atoms with Crippen LogP contribution >= 0.6 is 0 Å². The second-order valence-corrected chi connectivity index (χ2v) is 2.11. The van der Waals surface area contributed by atoms with E-state index < -0.39 is 17.9 Å². The SMILES string of the molecule is O=C1CN(C(=O)O)CC(=O)N1. The lowest BCUT2D eigenvalue weighted by Crippen LogP contribution is -2.52. The monoisotopic (exact) mass is 158 g/mol. The lowest BCUT2D eigenvalue weighted by molar-refractivity contribution is -0.135. The van der Waals surface area contributed by atoms with Crippen LogP contribution in [-0.2, 0) is 9.59 Å². The molecule has 0 aliphatic carbocycles. The van der Waals surface area contributed by atoms with E-state index >= 15 is 0 Å². The summed E-state index contributed by atoms with van der Waals surface area (Å²) in [6.45, 7) is -0.526. The Bertz CT molecular complexity index is 209.